The first-order valence-corrected chi connectivity index (χ1v) is 10.2. The smallest absolute Gasteiger partial charge is 0.289 e. The maximum atomic E-state index is 12.8. The van der Waals surface area contributed by atoms with Crippen LogP contribution in [-0.4, -0.2) is 19.2 Å². The third-order valence-corrected chi connectivity index (χ3v) is 6.06. The molecule has 0 atom stereocenters. The average molecular weight is 440 g/mol. The molecule has 0 aliphatic carbocycles. The number of halogens is 4. The van der Waals surface area contributed by atoms with Crippen LogP contribution in [0.15, 0.2) is 71.9 Å². The highest BCUT2D eigenvalue weighted by atomic mass is 35.5. The number of pyridine rings is 1. The fourth-order valence-corrected chi connectivity index (χ4v) is 4.23. The van der Waals surface area contributed by atoms with Crippen molar-refractivity contribution in [2.24, 2.45) is 0 Å². The Hall–Kier alpha value is -2.71. The summed E-state index contributed by atoms with van der Waals surface area (Å²) in [7, 11) is -4.00. The monoisotopic (exact) mass is 439 g/mol. The maximum Gasteiger partial charge on any atom is 0.416 e. The first-order chi connectivity index (χ1) is 13.6. The van der Waals surface area contributed by atoms with Gasteiger partial charge in [-0.05, 0) is 54.1 Å². The molecule has 4 nitrogen and oxygen atoms in total. The van der Waals surface area contributed by atoms with Crippen LogP contribution >= 0.6 is 11.6 Å². The molecule has 9 heteroatoms. The van der Waals surface area contributed by atoms with Crippen LogP contribution < -0.4 is 0 Å². The van der Waals surface area contributed by atoms with Crippen LogP contribution in [0.1, 0.15) is 27.0 Å². The fourth-order valence-electron chi connectivity index (χ4n) is 2.68. The Kier molecular flexibility index (Phi) is 5.77. The zero-order chi connectivity index (χ0) is 21.2. The molecule has 2 aromatic carbocycles. The van der Waals surface area contributed by atoms with Crippen molar-refractivity contribution in [1.82, 2.24) is 4.98 Å². The summed E-state index contributed by atoms with van der Waals surface area (Å²) >= 11 is 5.98. The largest absolute Gasteiger partial charge is 0.416 e. The Labute approximate surface area is 169 Å². The molecule has 29 heavy (non-hydrogen) atoms. The second-order valence-electron chi connectivity index (χ2n) is 6.15. The Bertz CT molecular complexity index is 1150. The van der Waals surface area contributed by atoms with Crippen molar-refractivity contribution in [3.63, 3.8) is 0 Å². The van der Waals surface area contributed by atoms with E-state index in [2.05, 4.69) is 4.98 Å². The number of carbonyl (C=O) groups is 1. The number of ketones is 1. The van der Waals surface area contributed by atoms with Crippen LogP contribution in [0.25, 0.3) is 0 Å². The number of hydrogen-bond donors (Lipinski definition) is 0. The second-order valence-corrected chi connectivity index (χ2v) is 8.57. The first-order valence-electron chi connectivity index (χ1n) is 8.21. The van der Waals surface area contributed by atoms with E-state index in [1.807, 2.05) is 0 Å². The summed E-state index contributed by atoms with van der Waals surface area (Å²) in [5.41, 5.74) is -0.359. The number of sulfone groups is 1. The van der Waals surface area contributed by atoms with E-state index in [9.17, 15) is 26.4 Å². The summed E-state index contributed by atoms with van der Waals surface area (Å²) in [6.07, 6.45) is -1.71. The summed E-state index contributed by atoms with van der Waals surface area (Å²) in [4.78, 5) is 16.3. The molecule has 0 aliphatic rings. The minimum Gasteiger partial charge on any atom is -0.289 e. The molecule has 1 heterocycles. The third kappa shape index (κ3) is 4.83. The van der Waals surface area contributed by atoms with Crippen LogP contribution in [0.2, 0.25) is 5.02 Å². The van der Waals surface area contributed by atoms with Crippen LogP contribution in [-0.2, 0) is 21.8 Å². The van der Waals surface area contributed by atoms with Gasteiger partial charge in [0, 0.05) is 28.5 Å². The van der Waals surface area contributed by atoms with Crippen LogP contribution in [0.5, 0.6) is 0 Å². The minimum absolute atomic E-state index is 0.0965. The highest BCUT2D eigenvalue weighted by Gasteiger charge is 2.31. The third-order valence-electron chi connectivity index (χ3n) is 4.15. The molecule has 0 saturated heterocycles. The molecule has 0 radical (unpaired) electrons. The Morgan fingerprint density at radius 3 is 2.17 bits per heavy atom. The normalized spacial score (nSPS) is 12.0. The fraction of sp³-hybridized carbons (Fsp3) is 0.100. The van der Waals surface area contributed by atoms with Gasteiger partial charge < -0.3 is 0 Å². The molecule has 0 N–H and O–H groups in total. The lowest BCUT2D eigenvalue weighted by molar-refractivity contribution is -0.137. The van der Waals surface area contributed by atoms with E-state index in [0.717, 1.165) is 12.1 Å². The van der Waals surface area contributed by atoms with E-state index in [4.69, 9.17) is 11.6 Å². The van der Waals surface area contributed by atoms with Crippen molar-refractivity contribution in [3.05, 3.63) is 94.3 Å². The van der Waals surface area contributed by atoms with Gasteiger partial charge in [-0.1, -0.05) is 17.7 Å². The molecular weight excluding hydrogens is 427 g/mol. The number of benzene rings is 2. The van der Waals surface area contributed by atoms with E-state index in [1.165, 1.54) is 42.7 Å². The standard InChI is InChI=1S/C20H13ClF3NO3S/c21-16-4-1-14(18(11-16)19(26)13-7-9-25-10-8-13)12-29(27,28)17-5-2-15(3-6-17)20(22,23)24/h1-11H,12H2. The lowest BCUT2D eigenvalue weighted by Crippen LogP contribution is -2.12. The average Bonchev–Trinajstić information content (AvgIpc) is 2.69. The SMILES string of the molecule is O=C(c1ccncc1)c1cc(Cl)ccc1CS(=O)(=O)c1ccc(C(F)(F)F)cc1. The van der Waals surface area contributed by atoms with Gasteiger partial charge in [0.25, 0.3) is 0 Å². The lowest BCUT2D eigenvalue weighted by Gasteiger charge is -2.12. The summed E-state index contributed by atoms with van der Waals surface area (Å²) in [6, 6.07) is 10.4. The molecule has 150 valence electrons. The molecule has 0 amide bonds. The van der Waals surface area contributed by atoms with Gasteiger partial charge in [-0.3, -0.25) is 9.78 Å². The number of aromatic nitrogens is 1. The summed E-state index contributed by atoms with van der Waals surface area (Å²) in [5.74, 6) is -1.01. The van der Waals surface area contributed by atoms with Crippen molar-refractivity contribution in [3.8, 4) is 0 Å². The van der Waals surface area contributed by atoms with Crippen LogP contribution in [0.3, 0.4) is 0 Å². The predicted octanol–water partition coefficient (Wildman–Crippen LogP) is 4.96. The summed E-state index contributed by atoms with van der Waals surface area (Å²) in [5, 5.41) is 0.248. The van der Waals surface area contributed by atoms with Gasteiger partial charge in [-0.15, -0.1) is 0 Å². The zero-order valence-electron chi connectivity index (χ0n) is 14.7. The van der Waals surface area contributed by atoms with Crippen LogP contribution in [0.4, 0.5) is 13.2 Å². The Morgan fingerprint density at radius 2 is 1.59 bits per heavy atom. The molecule has 1 aromatic heterocycles. The maximum absolute atomic E-state index is 12.8. The molecule has 0 unspecified atom stereocenters. The molecule has 0 bridgehead atoms. The Morgan fingerprint density at radius 1 is 0.966 bits per heavy atom. The van der Waals surface area contributed by atoms with E-state index in [0.29, 0.717) is 17.7 Å². The number of rotatable bonds is 5. The number of nitrogens with zero attached hydrogens (tertiary/aromatic N) is 1. The molecule has 0 spiro atoms. The van der Waals surface area contributed by atoms with Gasteiger partial charge in [0.05, 0.1) is 16.2 Å². The van der Waals surface area contributed by atoms with Gasteiger partial charge in [0.2, 0.25) is 0 Å². The lowest BCUT2D eigenvalue weighted by atomic mass is 10.00. The van der Waals surface area contributed by atoms with Crippen molar-refractivity contribution in [1.29, 1.82) is 0 Å². The summed E-state index contributed by atoms with van der Waals surface area (Å²) in [6.45, 7) is 0. The van der Waals surface area contributed by atoms with E-state index < -0.39 is 33.1 Å². The van der Waals surface area contributed by atoms with Crippen molar-refractivity contribution >= 4 is 27.2 Å². The van der Waals surface area contributed by atoms with Gasteiger partial charge >= 0.3 is 6.18 Å². The predicted molar refractivity (Wildman–Crippen MR) is 101 cm³/mol. The van der Waals surface area contributed by atoms with Crippen molar-refractivity contribution < 1.29 is 26.4 Å². The van der Waals surface area contributed by atoms with Gasteiger partial charge in [0.15, 0.2) is 15.6 Å². The van der Waals surface area contributed by atoms with E-state index >= 15 is 0 Å². The van der Waals surface area contributed by atoms with Crippen LogP contribution in [0, 0.1) is 0 Å². The number of carbonyl (C=O) groups excluding carboxylic acids is 1. The van der Waals surface area contributed by atoms with Crippen molar-refractivity contribution in [2.75, 3.05) is 0 Å². The quantitative estimate of drug-likeness (QED) is 0.527. The van der Waals surface area contributed by atoms with Crippen molar-refractivity contribution in [2.45, 2.75) is 16.8 Å². The van der Waals surface area contributed by atoms with Gasteiger partial charge in [-0.2, -0.15) is 13.2 Å². The minimum atomic E-state index is -4.57. The Balaban J connectivity index is 1.96. The molecule has 3 aromatic rings. The molecule has 0 fully saturated rings. The number of alkyl halides is 3. The topological polar surface area (TPSA) is 64.1 Å². The highest BCUT2D eigenvalue weighted by molar-refractivity contribution is 7.90. The highest BCUT2D eigenvalue weighted by Crippen LogP contribution is 2.30. The van der Waals surface area contributed by atoms with E-state index in [1.54, 1.807) is 0 Å². The number of hydrogen-bond acceptors (Lipinski definition) is 4. The molecule has 0 aliphatic heterocycles. The second kappa shape index (κ2) is 7.96. The van der Waals surface area contributed by atoms with E-state index in [-0.39, 0.29) is 21.0 Å². The first kappa shape index (κ1) is 21.0. The molecule has 3 rings (SSSR count). The summed E-state index contributed by atoms with van der Waals surface area (Å²) < 4.78 is 63.5. The zero-order valence-corrected chi connectivity index (χ0v) is 16.2. The van der Waals surface area contributed by atoms with Gasteiger partial charge in [0.1, 0.15) is 0 Å². The molecular formula is C20H13ClF3NO3S. The molecule has 0 saturated carbocycles. The van der Waals surface area contributed by atoms with Gasteiger partial charge in [-0.25, -0.2) is 8.42 Å².